The predicted octanol–water partition coefficient (Wildman–Crippen LogP) is 5.75. The number of carbonyl (C=O) groups excluding carboxylic acids is 1. The molecule has 8 heteroatoms. The average molecular weight is 499 g/mol. The number of anilines is 1. The summed E-state index contributed by atoms with van der Waals surface area (Å²) in [5, 5.41) is 21.8. The maximum Gasteiger partial charge on any atom is 0.335 e. The van der Waals surface area contributed by atoms with Crippen LogP contribution in [0, 0.1) is 25.2 Å². The van der Waals surface area contributed by atoms with Gasteiger partial charge >= 0.3 is 5.97 Å². The third-order valence-corrected chi connectivity index (χ3v) is 5.90. The summed E-state index contributed by atoms with van der Waals surface area (Å²) in [5.41, 5.74) is 3.55. The molecule has 6 nitrogen and oxygen atoms in total. The van der Waals surface area contributed by atoms with Crippen LogP contribution in [0.15, 0.2) is 58.6 Å². The molecule has 0 radical (unpaired) electrons. The number of nitrogens with zero attached hydrogens (tertiary/aromatic N) is 2. The molecule has 3 aromatic rings. The molecule has 0 spiro atoms. The van der Waals surface area contributed by atoms with E-state index in [4.69, 9.17) is 16.7 Å². The Hall–Kier alpha value is -3.34. The van der Waals surface area contributed by atoms with Crippen LogP contribution in [0.5, 0.6) is 0 Å². The van der Waals surface area contributed by atoms with Crippen molar-refractivity contribution in [3.05, 3.63) is 86.1 Å². The van der Waals surface area contributed by atoms with Crippen LogP contribution in [0.3, 0.4) is 0 Å². The number of hydrogen-bond donors (Lipinski definition) is 2. The molecule has 0 aliphatic rings. The van der Waals surface area contributed by atoms with Crippen LogP contribution in [0.2, 0.25) is 5.02 Å². The minimum Gasteiger partial charge on any atom is -0.478 e. The first-order valence-electron chi connectivity index (χ1n) is 9.12. The monoisotopic (exact) mass is 497 g/mol. The van der Waals surface area contributed by atoms with Gasteiger partial charge in [0.2, 0.25) is 0 Å². The minimum atomic E-state index is -1.10. The highest BCUT2D eigenvalue weighted by atomic mass is 79.9. The highest BCUT2D eigenvalue weighted by Gasteiger charge is 2.15. The molecule has 0 saturated carbocycles. The zero-order valence-electron chi connectivity index (χ0n) is 16.6. The van der Waals surface area contributed by atoms with E-state index in [2.05, 4.69) is 21.2 Å². The highest BCUT2D eigenvalue weighted by Crippen LogP contribution is 2.28. The van der Waals surface area contributed by atoms with Crippen molar-refractivity contribution in [2.75, 3.05) is 5.32 Å². The second kappa shape index (κ2) is 9.21. The Morgan fingerprint density at radius 1 is 1.19 bits per heavy atom. The van der Waals surface area contributed by atoms with Crippen LogP contribution < -0.4 is 5.32 Å². The normalized spacial score (nSPS) is 11.1. The Morgan fingerprint density at radius 3 is 2.58 bits per heavy atom. The van der Waals surface area contributed by atoms with Gasteiger partial charge < -0.3 is 15.0 Å². The van der Waals surface area contributed by atoms with Crippen molar-refractivity contribution in [3.63, 3.8) is 0 Å². The molecule has 0 unspecified atom stereocenters. The van der Waals surface area contributed by atoms with E-state index in [-0.39, 0.29) is 11.1 Å². The van der Waals surface area contributed by atoms with E-state index in [0.29, 0.717) is 16.3 Å². The largest absolute Gasteiger partial charge is 0.478 e. The molecule has 2 N–H and O–H groups in total. The van der Waals surface area contributed by atoms with Crippen molar-refractivity contribution < 1.29 is 14.7 Å². The van der Waals surface area contributed by atoms with Crippen molar-refractivity contribution in [1.82, 2.24) is 4.57 Å². The lowest BCUT2D eigenvalue weighted by atomic mass is 10.1. The number of aromatic carboxylic acids is 1. The third-order valence-electron chi connectivity index (χ3n) is 4.66. The molecular formula is C23H17BrClN3O3. The lowest BCUT2D eigenvalue weighted by Gasteiger charge is -2.11. The summed E-state index contributed by atoms with van der Waals surface area (Å²) in [6.07, 6.45) is 1.51. The Labute approximate surface area is 192 Å². The third kappa shape index (κ3) is 4.88. The van der Waals surface area contributed by atoms with E-state index in [1.54, 1.807) is 6.07 Å². The number of carboxylic acids is 1. The summed E-state index contributed by atoms with van der Waals surface area (Å²) < 4.78 is 2.77. The fourth-order valence-electron chi connectivity index (χ4n) is 3.19. The molecular weight excluding hydrogens is 482 g/mol. The lowest BCUT2D eigenvalue weighted by Crippen LogP contribution is -2.14. The summed E-state index contributed by atoms with van der Waals surface area (Å²) in [5.74, 6) is -1.73. The molecule has 0 aliphatic heterocycles. The second-order valence-electron chi connectivity index (χ2n) is 6.77. The molecule has 1 heterocycles. The zero-order chi connectivity index (χ0) is 22.7. The number of aromatic nitrogens is 1. The SMILES string of the molecule is Cc1cc(/C=C(/C#N)C(=O)Nc2cccc(C(=O)O)c2)c(C)n1-c1ccc(Br)c(Cl)c1. The van der Waals surface area contributed by atoms with E-state index in [1.807, 2.05) is 48.7 Å². The van der Waals surface area contributed by atoms with Gasteiger partial charge in [-0.05, 0) is 83.9 Å². The number of carboxylic acid groups (broad SMARTS) is 1. The quantitative estimate of drug-likeness (QED) is 0.346. The van der Waals surface area contributed by atoms with Crippen LogP contribution in [-0.2, 0) is 4.79 Å². The van der Waals surface area contributed by atoms with Crippen molar-refractivity contribution in [1.29, 1.82) is 5.26 Å². The second-order valence-corrected chi connectivity index (χ2v) is 8.03. The zero-order valence-corrected chi connectivity index (χ0v) is 19.0. The first kappa shape index (κ1) is 22.3. The van der Waals surface area contributed by atoms with Crippen LogP contribution in [0.25, 0.3) is 11.8 Å². The summed E-state index contributed by atoms with van der Waals surface area (Å²) in [6.45, 7) is 3.81. The number of halogens is 2. The number of benzene rings is 2. The maximum atomic E-state index is 12.6. The Morgan fingerprint density at radius 2 is 1.94 bits per heavy atom. The lowest BCUT2D eigenvalue weighted by molar-refractivity contribution is -0.112. The average Bonchev–Trinajstić information content (AvgIpc) is 3.01. The number of amides is 1. The highest BCUT2D eigenvalue weighted by molar-refractivity contribution is 9.10. The van der Waals surface area contributed by atoms with Crippen molar-refractivity contribution >= 4 is 51.2 Å². The van der Waals surface area contributed by atoms with Gasteiger partial charge in [-0.15, -0.1) is 0 Å². The molecule has 2 aromatic carbocycles. The number of rotatable bonds is 5. The van der Waals surface area contributed by atoms with Crippen LogP contribution in [0.1, 0.15) is 27.3 Å². The van der Waals surface area contributed by atoms with Gasteiger partial charge in [-0.2, -0.15) is 5.26 Å². The van der Waals surface area contributed by atoms with Crippen molar-refractivity contribution in [2.45, 2.75) is 13.8 Å². The molecule has 3 rings (SSSR count). The van der Waals surface area contributed by atoms with Crippen LogP contribution in [0.4, 0.5) is 5.69 Å². The standard InChI is InChI=1S/C23H17BrClN3O3/c1-13-8-16(14(2)28(13)19-6-7-20(24)21(25)11-19)9-17(12-26)22(29)27-18-5-3-4-15(10-18)23(30)31/h3-11H,1-2H3,(H,27,29)(H,30,31)/b17-9-. The van der Waals surface area contributed by atoms with Gasteiger partial charge in [0.15, 0.2) is 0 Å². The van der Waals surface area contributed by atoms with E-state index >= 15 is 0 Å². The van der Waals surface area contributed by atoms with Crippen molar-refractivity contribution in [3.8, 4) is 11.8 Å². The Balaban J connectivity index is 1.93. The molecule has 156 valence electrons. The number of nitriles is 1. The summed E-state index contributed by atoms with van der Waals surface area (Å²) >= 11 is 9.60. The van der Waals surface area contributed by atoms with Gasteiger partial charge in [0.25, 0.3) is 5.91 Å². The van der Waals surface area contributed by atoms with Crippen LogP contribution >= 0.6 is 27.5 Å². The summed E-state index contributed by atoms with van der Waals surface area (Å²) in [7, 11) is 0. The number of carbonyl (C=O) groups is 2. The molecule has 1 aromatic heterocycles. The smallest absolute Gasteiger partial charge is 0.335 e. The van der Waals surface area contributed by atoms with Gasteiger partial charge in [0, 0.05) is 27.2 Å². The van der Waals surface area contributed by atoms with Gasteiger partial charge in [0.05, 0.1) is 10.6 Å². The van der Waals surface area contributed by atoms with Crippen LogP contribution in [-0.4, -0.2) is 21.6 Å². The molecule has 0 atom stereocenters. The summed E-state index contributed by atoms with van der Waals surface area (Å²) in [6, 6.07) is 15.2. The first-order valence-corrected chi connectivity index (χ1v) is 10.3. The molecule has 1 amide bonds. The number of nitrogens with one attached hydrogen (secondary N) is 1. The Bertz CT molecular complexity index is 1270. The Kier molecular flexibility index (Phi) is 6.64. The maximum absolute atomic E-state index is 12.6. The van der Waals surface area contributed by atoms with E-state index < -0.39 is 11.9 Å². The molecule has 0 bridgehead atoms. The molecule has 0 saturated heterocycles. The van der Waals surface area contributed by atoms with E-state index in [0.717, 1.165) is 21.5 Å². The first-order chi connectivity index (χ1) is 14.7. The fraction of sp³-hybridized carbons (Fsp3) is 0.0870. The van der Waals surface area contributed by atoms with Gasteiger partial charge in [-0.25, -0.2) is 4.79 Å². The van der Waals surface area contributed by atoms with E-state index in [9.17, 15) is 14.9 Å². The van der Waals surface area contributed by atoms with E-state index in [1.165, 1.54) is 24.3 Å². The van der Waals surface area contributed by atoms with Crippen molar-refractivity contribution in [2.24, 2.45) is 0 Å². The fourth-order valence-corrected chi connectivity index (χ4v) is 3.61. The topological polar surface area (TPSA) is 95.1 Å². The molecule has 0 aliphatic carbocycles. The molecule has 31 heavy (non-hydrogen) atoms. The minimum absolute atomic E-state index is 0.0389. The van der Waals surface area contributed by atoms with Gasteiger partial charge in [-0.1, -0.05) is 17.7 Å². The van der Waals surface area contributed by atoms with Gasteiger partial charge in [0.1, 0.15) is 11.6 Å². The predicted molar refractivity (Wildman–Crippen MR) is 124 cm³/mol. The molecule has 0 fully saturated rings. The van der Waals surface area contributed by atoms with Gasteiger partial charge in [-0.3, -0.25) is 4.79 Å². The summed E-state index contributed by atoms with van der Waals surface area (Å²) in [4.78, 5) is 23.7. The number of aryl methyl sites for hydroxylation is 1. The number of hydrogen-bond acceptors (Lipinski definition) is 3.